The Kier molecular flexibility index (Phi) is 5.53. The second-order valence-electron chi connectivity index (χ2n) is 9.92. The molecule has 0 bridgehead atoms. The van der Waals surface area contributed by atoms with Gasteiger partial charge in [-0.15, -0.1) is 0 Å². The van der Waals surface area contributed by atoms with E-state index in [1.54, 1.807) is 6.20 Å². The number of hydrogen-bond donors (Lipinski definition) is 2. The smallest absolute Gasteiger partial charge is 0.337 e. The number of carbonyl (C=O) groups is 2. The van der Waals surface area contributed by atoms with E-state index in [4.69, 9.17) is 0 Å². The van der Waals surface area contributed by atoms with Gasteiger partial charge in [0.05, 0.1) is 5.69 Å². The highest BCUT2D eigenvalue weighted by molar-refractivity contribution is 5.94. The van der Waals surface area contributed by atoms with Gasteiger partial charge in [-0.2, -0.15) is 10.1 Å². The molecule has 8 nitrogen and oxygen atoms in total. The van der Waals surface area contributed by atoms with Crippen LogP contribution in [0.3, 0.4) is 0 Å². The molecule has 3 aliphatic rings. The van der Waals surface area contributed by atoms with Gasteiger partial charge in [0.1, 0.15) is 6.17 Å². The Morgan fingerprint density at radius 2 is 1.66 bits per heavy atom. The normalized spacial score (nSPS) is 22.6. The lowest BCUT2D eigenvalue weighted by Crippen LogP contribution is -2.40. The molecule has 3 heterocycles. The van der Waals surface area contributed by atoms with Crippen molar-refractivity contribution in [1.29, 1.82) is 0 Å². The average Bonchev–Trinajstić information content (AvgIpc) is 3.25. The van der Waals surface area contributed by atoms with E-state index >= 15 is 0 Å². The number of likely N-dealkylation sites (tertiary alicyclic amines) is 1. The van der Waals surface area contributed by atoms with Crippen LogP contribution in [-0.2, 0) is 4.79 Å². The first kappa shape index (κ1) is 21.9. The molecule has 2 aliphatic heterocycles. The van der Waals surface area contributed by atoms with Crippen molar-refractivity contribution in [3.8, 4) is 22.4 Å². The van der Waals surface area contributed by atoms with Crippen molar-refractivity contribution in [2.75, 3.05) is 25.0 Å². The Labute approximate surface area is 204 Å². The minimum absolute atomic E-state index is 0.0805. The van der Waals surface area contributed by atoms with Gasteiger partial charge in [-0.25, -0.2) is 4.79 Å². The minimum Gasteiger partial charge on any atom is -0.342 e. The lowest BCUT2D eigenvalue weighted by Gasteiger charge is -2.28. The fraction of sp³-hybridized carbons (Fsp3) is 0.370. The molecule has 3 amide bonds. The summed E-state index contributed by atoms with van der Waals surface area (Å²) in [5.74, 6) is 0.988. The highest BCUT2D eigenvalue weighted by Crippen LogP contribution is 2.35. The number of anilines is 1. The van der Waals surface area contributed by atoms with Crippen LogP contribution >= 0.6 is 0 Å². The maximum Gasteiger partial charge on any atom is 0.337 e. The fourth-order valence-corrected chi connectivity index (χ4v) is 5.33. The number of urea groups is 1. The molecule has 180 valence electrons. The molecule has 2 saturated heterocycles. The molecule has 8 heteroatoms. The number of hydrazine groups is 1. The number of nitrogens with one attached hydrogen (secondary N) is 2. The second-order valence-corrected chi connectivity index (χ2v) is 9.92. The Morgan fingerprint density at radius 3 is 2.31 bits per heavy atom. The van der Waals surface area contributed by atoms with Crippen LogP contribution in [0.5, 0.6) is 0 Å². The fourth-order valence-electron chi connectivity index (χ4n) is 5.33. The summed E-state index contributed by atoms with van der Waals surface area (Å²) >= 11 is 0. The summed E-state index contributed by atoms with van der Waals surface area (Å²) < 4.78 is 0. The zero-order valence-electron chi connectivity index (χ0n) is 19.9. The number of aromatic amines is 1. The van der Waals surface area contributed by atoms with E-state index < -0.39 is 0 Å². The topological polar surface area (TPSA) is 84.6 Å². The molecular weight excluding hydrogens is 440 g/mol. The first-order valence-electron chi connectivity index (χ1n) is 12.4. The van der Waals surface area contributed by atoms with Gasteiger partial charge in [-0.1, -0.05) is 36.4 Å². The van der Waals surface area contributed by atoms with Crippen molar-refractivity contribution in [2.45, 2.75) is 31.8 Å². The van der Waals surface area contributed by atoms with Crippen molar-refractivity contribution < 1.29 is 9.59 Å². The number of H-pyrrole nitrogens is 1. The van der Waals surface area contributed by atoms with Gasteiger partial charge < -0.3 is 4.90 Å². The molecule has 2 aromatic carbocycles. The van der Waals surface area contributed by atoms with E-state index in [0.717, 1.165) is 66.8 Å². The van der Waals surface area contributed by atoms with Gasteiger partial charge in [-0.3, -0.25) is 20.2 Å². The maximum atomic E-state index is 12.8. The van der Waals surface area contributed by atoms with Crippen molar-refractivity contribution in [3.63, 3.8) is 0 Å². The van der Waals surface area contributed by atoms with Crippen LogP contribution < -0.4 is 10.3 Å². The van der Waals surface area contributed by atoms with Crippen LogP contribution in [-0.4, -0.2) is 58.3 Å². The molecule has 1 saturated carbocycles. The molecular formula is C27H30N6O2. The van der Waals surface area contributed by atoms with Crippen molar-refractivity contribution in [1.82, 2.24) is 25.5 Å². The summed E-state index contributed by atoms with van der Waals surface area (Å²) in [4.78, 5) is 29.2. The summed E-state index contributed by atoms with van der Waals surface area (Å²) in [5, 5.41) is 8.90. The van der Waals surface area contributed by atoms with E-state index in [1.165, 1.54) is 0 Å². The largest absolute Gasteiger partial charge is 0.342 e. The molecule has 3 aromatic rings. The number of benzene rings is 2. The number of amides is 3. The summed E-state index contributed by atoms with van der Waals surface area (Å²) in [6, 6.07) is 18.3. The standard InChI is InChI=1S/C27H30N6O2/c1-31-25(16-18-13-15-32(17-18)26(34)22-6-7-22)33(27(35)30-31)23-10-8-20(9-11-23)19-2-4-21(5-3-19)24-12-14-28-29-24/h2-5,8-12,14,18,22,25H,6-7,13,15-17H2,1H3,(H,28,29)(H,30,35)/t18-,25?/m0/s1. The average molecular weight is 471 g/mol. The van der Waals surface area contributed by atoms with Crippen LogP contribution in [0.4, 0.5) is 10.5 Å². The van der Waals surface area contributed by atoms with Gasteiger partial charge in [0, 0.05) is 37.9 Å². The molecule has 0 spiro atoms. The van der Waals surface area contributed by atoms with Gasteiger partial charge in [-0.05, 0) is 66.5 Å². The van der Waals surface area contributed by atoms with Crippen LogP contribution in [0.2, 0.25) is 0 Å². The SMILES string of the molecule is CN1NC(=O)N(c2ccc(-c3ccc(-c4ccn[nH]4)cc3)cc2)C1C[C@@H]1CCN(C(=O)C2CC2)C1. The zero-order valence-corrected chi connectivity index (χ0v) is 19.9. The van der Waals surface area contributed by atoms with Gasteiger partial charge in [0.2, 0.25) is 5.91 Å². The Morgan fingerprint density at radius 1 is 0.971 bits per heavy atom. The molecule has 2 atom stereocenters. The van der Waals surface area contributed by atoms with E-state index in [9.17, 15) is 9.59 Å². The predicted molar refractivity (Wildman–Crippen MR) is 134 cm³/mol. The van der Waals surface area contributed by atoms with Crippen LogP contribution in [0.15, 0.2) is 60.8 Å². The minimum atomic E-state index is -0.113. The van der Waals surface area contributed by atoms with E-state index in [2.05, 4.69) is 52.0 Å². The first-order valence-corrected chi connectivity index (χ1v) is 12.4. The number of nitrogens with zero attached hydrogens (tertiary/aromatic N) is 4. The Balaban J connectivity index is 1.15. The van der Waals surface area contributed by atoms with Gasteiger partial charge >= 0.3 is 6.03 Å². The van der Waals surface area contributed by atoms with E-state index in [1.807, 2.05) is 40.1 Å². The van der Waals surface area contributed by atoms with Crippen LogP contribution in [0.25, 0.3) is 22.4 Å². The lowest BCUT2D eigenvalue weighted by atomic mass is 10.0. The molecule has 6 rings (SSSR count). The van der Waals surface area contributed by atoms with Crippen LogP contribution in [0.1, 0.15) is 25.7 Å². The summed E-state index contributed by atoms with van der Waals surface area (Å²) in [5.41, 5.74) is 8.12. The zero-order chi connectivity index (χ0) is 23.9. The van der Waals surface area contributed by atoms with Crippen LogP contribution in [0, 0.1) is 11.8 Å². The second kappa shape index (κ2) is 8.85. The summed E-state index contributed by atoms with van der Waals surface area (Å²) in [7, 11) is 1.92. The van der Waals surface area contributed by atoms with Crippen molar-refractivity contribution in [3.05, 3.63) is 60.8 Å². The third-order valence-electron chi connectivity index (χ3n) is 7.48. The third kappa shape index (κ3) is 4.30. The van der Waals surface area contributed by atoms with Crippen molar-refractivity contribution in [2.24, 2.45) is 11.8 Å². The van der Waals surface area contributed by atoms with E-state index in [0.29, 0.717) is 11.8 Å². The maximum absolute atomic E-state index is 12.8. The predicted octanol–water partition coefficient (Wildman–Crippen LogP) is 4.09. The van der Waals surface area contributed by atoms with E-state index in [-0.39, 0.29) is 18.1 Å². The summed E-state index contributed by atoms with van der Waals surface area (Å²) in [6.07, 6.45) is 5.59. The van der Waals surface area contributed by atoms with Gasteiger partial charge in [0.15, 0.2) is 0 Å². The molecule has 1 aliphatic carbocycles. The van der Waals surface area contributed by atoms with Crippen molar-refractivity contribution >= 4 is 17.6 Å². The summed E-state index contributed by atoms with van der Waals surface area (Å²) in [6.45, 7) is 1.64. The molecule has 2 N–H and O–H groups in total. The number of carbonyl (C=O) groups excluding carboxylic acids is 2. The lowest BCUT2D eigenvalue weighted by molar-refractivity contribution is -0.131. The monoisotopic (exact) mass is 470 g/mol. The third-order valence-corrected chi connectivity index (χ3v) is 7.48. The highest BCUT2D eigenvalue weighted by Gasteiger charge is 2.41. The van der Waals surface area contributed by atoms with Gasteiger partial charge in [0.25, 0.3) is 0 Å². The Hall–Kier alpha value is -3.65. The number of rotatable bonds is 6. The molecule has 0 radical (unpaired) electrons. The molecule has 35 heavy (non-hydrogen) atoms. The molecule has 1 unspecified atom stereocenters. The molecule has 3 fully saturated rings. The number of aromatic nitrogens is 2. The Bertz CT molecular complexity index is 1200. The highest BCUT2D eigenvalue weighted by atomic mass is 16.2. The number of hydrogen-bond acceptors (Lipinski definition) is 4. The molecule has 1 aromatic heterocycles. The first-order chi connectivity index (χ1) is 17.1. The quantitative estimate of drug-likeness (QED) is 0.568.